The first-order valence-corrected chi connectivity index (χ1v) is 3.49. The number of rotatable bonds is 4. The maximum Gasteiger partial charge on any atom is 0.0739 e. The van der Waals surface area contributed by atoms with Gasteiger partial charge in [-0.3, -0.25) is 0 Å². The molecule has 3 N–H and O–H groups in total. The van der Waals surface area contributed by atoms with Crippen LogP contribution < -0.4 is 0 Å². The largest absolute Gasteiger partial charge is 0.396 e. The second-order valence-corrected chi connectivity index (χ2v) is 3.62. The molecule has 0 aliphatic heterocycles. The lowest BCUT2D eigenvalue weighted by molar-refractivity contribution is 0.150. The average Bonchev–Trinajstić information content (AvgIpc) is 1.89. The van der Waals surface area contributed by atoms with Gasteiger partial charge in [0.2, 0.25) is 0 Å². The summed E-state index contributed by atoms with van der Waals surface area (Å²) in [5.41, 5.74) is 0. The highest BCUT2D eigenvalue weighted by Gasteiger charge is 2.23. The fourth-order valence-corrected chi connectivity index (χ4v) is 0.586. The van der Waals surface area contributed by atoms with Gasteiger partial charge in [-0.1, -0.05) is 15.9 Å². The first-order chi connectivity index (χ1) is 4.18. The van der Waals surface area contributed by atoms with Crippen LogP contribution in [-0.4, -0.2) is 39.5 Å². The Morgan fingerprint density at radius 1 is 1.11 bits per heavy atom. The Balaban J connectivity index is 3.62. The topological polar surface area (TPSA) is 60.7 Å². The average molecular weight is 199 g/mol. The van der Waals surface area contributed by atoms with Crippen molar-refractivity contribution in [2.24, 2.45) is 0 Å². The monoisotopic (exact) mass is 198 g/mol. The number of aliphatic hydroxyl groups excluding tert-OH is 3. The summed E-state index contributed by atoms with van der Waals surface area (Å²) in [4.78, 5) is 0. The summed E-state index contributed by atoms with van der Waals surface area (Å²) in [6.45, 7) is -0.361. The molecule has 0 saturated heterocycles. The Hall–Kier alpha value is 0.360. The third-order valence-electron chi connectivity index (χ3n) is 1.13. The van der Waals surface area contributed by atoms with Gasteiger partial charge in [0.15, 0.2) is 0 Å². The van der Waals surface area contributed by atoms with Crippen LogP contribution in [0.25, 0.3) is 0 Å². The maximum atomic E-state index is 8.60. The van der Waals surface area contributed by atoms with Crippen molar-refractivity contribution in [1.82, 2.24) is 0 Å². The van der Waals surface area contributed by atoms with Crippen LogP contribution in [-0.2, 0) is 0 Å². The second kappa shape index (κ2) is 4.22. The summed E-state index contributed by atoms with van der Waals surface area (Å²) in [7, 11) is 0. The number of hydrogen-bond acceptors (Lipinski definition) is 3. The maximum absolute atomic E-state index is 8.60. The van der Waals surface area contributed by atoms with Crippen molar-refractivity contribution in [2.75, 3.05) is 19.8 Å². The number of hydrogen-bond donors (Lipinski definition) is 3. The number of aliphatic hydroxyl groups is 3. The fourth-order valence-electron chi connectivity index (χ4n) is 0.408. The lowest BCUT2D eigenvalue weighted by atomic mass is 10.1. The van der Waals surface area contributed by atoms with Gasteiger partial charge in [-0.15, -0.1) is 0 Å². The smallest absolute Gasteiger partial charge is 0.0739 e. The standard InChI is InChI=1S/C5H11BrO3/c6-5(3-8,4-9)1-2-7/h7-9H,1-4H2. The minimum Gasteiger partial charge on any atom is -0.396 e. The minimum absolute atomic E-state index is 0.0353. The highest BCUT2D eigenvalue weighted by atomic mass is 79.9. The van der Waals surface area contributed by atoms with Gasteiger partial charge >= 0.3 is 0 Å². The molecule has 0 fully saturated rings. The molecule has 0 unspecified atom stereocenters. The molecule has 0 aromatic heterocycles. The molecule has 4 heteroatoms. The van der Waals surface area contributed by atoms with E-state index < -0.39 is 4.32 Å². The van der Waals surface area contributed by atoms with Gasteiger partial charge < -0.3 is 15.3 Å². The quantitative estimate of drug-likeness (QED) is 0.534. The van der Waals surface area contributed by atoms with Crippen LogP contribution in [0, 0.1) is 0 Å². The highest BCUT2D eigenvalue weighted by Crippen LogP contribution is 2.19. The number of halogens is 1. The van der Waals surface area contributed by atoms with E-state index in [0.717, 1.165) is 0 Å². The predicted molar refractivity (Wildman–Crippen MR) is 37.5 cm³/mol. The normalized spacial score (nSPS) is 12.0. The molecular formula is C5H11BrO3. The summed E-state index contributed by atoms with van der Waals surface area (Å²) in [6, 6.07) is 0. The first-order valence-electron chi connectivity index (χ1n) is 2.70. The molecule has 0 amide bonds. The zero-order valence-corrected chi connectivity index (χ0v) is 6.63. The molecule has 0 bridgehead atoms. The summed E-state index contributed by atoms with van der Waals surface area (Å²) in [5.74, 6) is 0. The summed E-state index contributed by atoms with van der Waals surface area (Å²) < 4.78 is -0.693. The Morgan fingerprint density at radius 3 is 1.67 bits per heavy atom. The van der Waals surface area contributed by atoms with Crippen LogP contribution in [0.3, 0.4) is 0 Å². The fraction of sp³-hybridized carbons (Fsp3) is 1.00. The molecule has 0 aromatic carbocycles. The van der Waals surface area contributed by atoms with Crippen molar-refractivity contribution in [3.63, 3.8) is 0 Å². The SMILES string of the molecule is OCCC(Br)(CO)CO. The van der Waals surface area contributed by atoms with Crippen LogP contribution in [0.5, 0.6) is 0 Å². The summed E-state index contributed by atoms with van der Waals surface area (Å²) >= 11 is 3.08. The van der Waals surface area contributed by atoms with Crippen molar-refractivity contribution in [1.29, 1.82) is 0 Å². The van der Waals surface area contributed by atoms with Crippen LogP contribution >= 0.6 is 15.9 Å². The van der Waals surface area contributed by atoms with Crippen LogP contribution in [0.2, 0.25) is 0 Å². The van der Waals surface area contributed by atoms with E-state index in [1.807, 2.05) is 0 Å². The Labute approximate surface area is 62.4 Å². The minimum atomic E-state index is -0.693. The van der Waals surface area contributed by atoms with Gasteiger partial charge in [0.25, 0.3) is 0 Å². The third-order valence-corrected chi connectivity index (χ3v) is 2.02. The molecule has 9 heavy (non-hydrogen) atoms. The molecule has 0 saturated carbocycles. The van der Waals surface area contributed by atoms with Crippen molar-refractivity contribution >= 4 is 15.9 Å². The van der Waals surface area contributed by atoms with E-state index in [4.69, 9.17) is 15.3 Å². The molecule has 0 atom stereocenters. The van der Waals surface area contributed by atoms with Gasteiger partial charge in [0.1, 0.15) is 0 Å². The zero-order chi connectivity index (χ0) is 7.33. The van der Waals surface area contributed by atoms with Crippen molar-refractivity contribution in [2.45, 2.75) is 10.7 Å². The van der Waals surface area contributed by atoms with Crippen LogP contribution in [0.15, 0.2) is 0 Å². The first kappa shape index (κ1) is 9.36. The molecule has 0 heterocycles. The van der Waals surface area contributed by atoms with Gasteiger partial charge in [-0.25, -0.2) is 0 Å². The van der Waals surface area contributed by atoms with E-state index in [1.54, 1.807) is 0 Å². The van der Waals surface area contributed by atoms with Crippen LogP contribution in [0.1, 0.15) is 6.42 Å². The van der Waals surface area contributed by atoms with Crippen molar-refractivity contribution < 1.29 is 15.3 Å². The van der Waals surface area contributed by atoms with E-state index in [0.29, 0.717) is 6.42 Å². The Bertz CT molecular complexity index is 72.6. The Morgan fingerprint density at radius 2 is 1.56 bits per heavy atom. The van der Waals surface area contributed by atoms with Crippen molar-refractivity contribution in [3.05, 3.63) is 0 Å². The highest BCUT2D eigenvalue weighted by molar-refractivity contribution is 9.10. The van der Waals surface area contributed by atoms with Gasteiger partial charge in [0.05, 0.1) is 17.5 Å². The van der Waals surface area contributed by atoms with E-state index in [9.17, 15) is 0 Å². The van der Waals surface area contributed by atoms with E-state index in [-0.39, 0.29) is 19.8 Å². The van der Waals surface area contributed by atoms with Crippen LogP contribution in [0.4, 0.5) is 0 Å². The molecule has 56 valence electrons. The van der Waals surface area contributed by atoms with E-state index in [1.165, 1.54) is 0 Å². The molecule has 0 aliphatic carbocycles. The second-order valence-electron chi connectivity index (χ2n) is 1.94. The lowest BCUT2D eigenvalue weighted by Gasteiger charge is -2.20. The number of alkyl halides is 1. The zero-order valence-electron chi connectivity index (χ0n) is 5.05. The van der Waals surface area contributed by atoms with E-state index >= 15 is 0 Å². The van der Waals surface area contributed by atoms with Gasteiger partial charge in [-0.05, 0) is 6.42 Å². The Kier molecular flexibility index (Phi) is 4.39. The van der Waals surface area contributed by atoms with Crippen molar-refractivity contribution in [3.8, 4) is 0 Å². The molecule has 3 nitrogen and oxygen atoms in total. The summed E-state index contributed by atoms with van der Waals surface area (Å²) in [6.07, 6.45) is 0.361. The predicted octanol–water partition coefficient (Wildman–Crippen LogP) is -0.513. The molecular weight excluding hydrogens is 188 g/mol. The summed E-state index contributed by atoms with van der Waals surface area (Å²) in [5, 5.41) is 25.6. The van der Waals surface area contributed by atoms with Gasteiger partial charge in [0, 0.05) is 6.61 Å². The molecule has 0 spiro atoms. The molecule has 0 radical (unpaired) electrons. The third kappa shape index (κ3) is 3.15. The lowest BCUT2D eigenvalue weighted by Crippen LogP contribution is -2.31. The molecule has 0 aliphatic rings. The molecule has 0 aromatic rings. The molecule has 0 rings (SSSR count). The van der Waals surface area contributed by atoms with Gasteiger partial charge in [-0.2, -0.15) is 0 Å². The van der Waals surface area contributed by atoms with E-state index in [2.05, 4.69) is 15.9 Å².